The van der Waals surface area contributed by atoms with Gasteiger partial charge in [0.1, 0.15) is 18.1 Å². The number of hydrogen-bond donors (Lipinski definition) is 0. The summed E-state index contributed by atoms with van der Waals surface area (Å²) >= 11 is 0. The normalized spacial score (nSPS) is 9.95. The van der Waals surface area contributed by atoms with E-state index in [1.165, 1.54) is 0 Å². The van der Waals surface area contributed by atoms with Crippen LogP contribution in [0.5, 0.6) is 5.75 Å². The van der Waals surface area contributed by atoms with E-state index >= 15 is 0 Å². The SMILES string of the molecule is C#Cc1ccc(-c2cccc(OCc3ccccc3)c2)cn1. The van der Waals surface area contributed by atoms with Crippen LogP contribution < -0.4 is 4.74 Å². The van der Waals surface area contributed by atoms with Gasteiger partial charge in [0, 0.05) is 11.8 Å². The minimum absolute atomic E-state index is 0.554. The van der Waals surface area contributed by atoms with E-state index in [0.29, 0.717) is 12.3 Å². The summed E-state index contributed by atoms with van der Waals surface area (Å²) in [6.07, 6.45) is 7.11. The molecule has 0 bridgehead atoms. The third-order valence-electron chi connectivity index (χ3n) is 3.33. The first-order valence-corrected chi connectivity index (χ1v) is 7.05. The summed E-state index contributed by atoms with van der Waals surface area (Å²) in [5.41, 5.74) is 3.86. The van der Waals surface area contributed by atoms with Gasteiger partial charge >= 0.3 is 0 Å². The summed E-state index contributed by atoms with van der Waals surface area (Å²) in [4.78, 5) is 4.22. The molecule has 0 spiro atoms. The van der Waals surface area contributed by atoms with Gasteiger partial charge in [-0.05, 0) is 29.3 Å². The minimum Gasteiger partial charge on any atom is -0.489 e. The molecule has 0 saturated carbocycles. The van der Waals surface area contributed by atoms with Crippen LogP contribution in [0.4, 0.5) is 0 Å². The van der Waals surface area contributed by atoms with Crippen molar-refractivity contribution in [1.82, 2.24) is 4.98 Å². The first-order chi connectivity index (χ1) is 10.8. The van der Waals surface area contributed by atoms with Crippen LogP contribution in [0.15, 0.2) is 72.9 Å². The Morgan fingerprint density at radius 1 is 0.909 bits per heavy atom. The highest BCUT2D eigenvalue weighted by Crippen LogP contribution is 2.24. The predicted molar refractivity (Wildman–Crippen MR) is 88.4 cm³/mol. The number of hydrogen-bond acceptors (Lipinski definition) is 2. The fourth-order valence-electron chi connectivity index (χ4n) is 2.16. The van der Waals surface area contributed by atoms with Crippen LogP contribution in [0.3, 0.4) is 0 Å². The lowest BCUT2D eigenvalue weighted by Gasteiger charge is -2.08. The maximum atomic E-state index is 5.85. The Labute approximate surface area is 130 Å². The van der Waals surface area contributed by atoms with Gasteiger partial charge in [0.2, 0.25) is 0 Å². The molecule has 106 valence electrons. The topological polar surface area (TPSA) is 22.1 Å². The lowest BCUT2D eigenvalue weighted by atomic mass is 10.1. The zero-order valence-electron chi connectivity index (χ0n) is 12.1. The molecule has 2 nitrogen and oxygen atoms in total. The monoisotopic (exact) mass is 285 g/mol. The smallest absolute Gasteiger partial charge is 0.120 e. The van der Waals surface area contributed by atoms with Gasteiger partial charge in [0.15, 0.2) is 0 Å². The molecule has 0 atom stereocenters. The zero-order valence-corrected chi connectivity index (χ0v) is 12.1. The van der Waals surface area contributed by atoms with E-state index in [2.05, 4.69) is 10.9 Å². The number of aromatic nitrogens is 1. The highest BCUT2D eigenvalue weighted by atomic mass is 16.5. The number of terminal acetylenes is 1. The first-order valence-electron chi connectivity index (χ1n) is 7.05. The molecule has 3 rings (SSSR count). The van der Waals surface area contributed by atoms with Gasteiger partial charge in [-0.25, -0.2) is 4.98 Å². The Balaban J connectivity index is 1.76. The number of pyridine rings is 1. The third-order valence-corrected chi connectivity index (χ3v) is 3.33. The summed E-state index contributed by atoms with van der Waals surface area (Å²) in [5, 5.41) is 0. The highest BCUT2D eigenvalue weighted by molar-refractivity contribution is 5.64. The molecule has 3 aromatic rings. The van der Waals surface area contributed by atoms with Gasteiger partial charge in [-0.3, -0.25) is 0 Å². The maximum absolute atomic E-state index is 5.85. The van der Waals surface area contributed by atoms with Crippen molar-refractivity contribution >= 4 is 0 Å². The van der Waals surface area contributed by atoms with Crippen LogP contribution >= 0.6 is 0 Å². The molecule has 0 aliphatic rings. The molecule has 0 saturated heterocycles. The van der Waals surface area contributed by atoms with Crippen LogP contribution in [-0.2, 0) is 6.61 Å². The number of ether oxygens (including phenoxy) is 1. The van der Waals surface area contributed by atoms with E-state index in [-0.39, 0.29) is 0 Å². The molecule has 2 heteroatoms. The summed E-state index contributed by atoms with van der Waals surface area (Å²) < 4.78 is 5.85. The zero-order chi connectivity index (χ0) is 15.2. The molecule has 0 N–H and O–H groups in total. The van der Waals surface area contributed by atoms with Gasteiger partial charge in [0.05, 0.1) is 0 Å². The Hall–Kier alpha value is -3.05. The van der Waals surface area contributed by atoms with Crippen molar-refractivity contribution in [3.8, 4) is 29.2 Å². The molecular weight excluding hydrogens is 270 g/mol. The van der Waals surface area contributed by atoms with E-state index in [9.17, 15) is 0 Å². The number of nitrogens with zero attached hydrogens (tertiary/aromatic N) is 1. The van der Waals surface area contributed by atoms with Crippen molar-refractivity contribution in [2.75, 3.05) is 0 Å². The van der Waals surface area contributed by atoms with Crippen LogP contribution in [-0.4, -0.2) is 4.98 Å². The predicted octanol–water partition coefficient (Wildman–Crippen LogP) is 4.31. The fourth-order valence-corrected chi connectivity index (χ4v) is 2.16. The Morgan fingerprint density at radius 2 is 1.77 bits per heavy atom. The molecule has 0 aliphatic carbocycles. The molecule has 0 fully saturated rings. The molecule has 0 aliphatic heterocycles. The second kappa shape index (κ2) is 6.60. The molecule has 0 amide bonds. The van der Waals surface area contributed by atoms with Crippen LogP contribution in [0.2, 0.25) is 0 Å². The van der Waals surface area contributed by atoms with Crippen molar-refractivity contribution in [3.05, 3.63) is 84.2 Å². The molecule has 0 radical (unpaired) electrons. The van der Waals surface area contributed by atoms with Crippen molar-refractivity contribution in [1.29, 1.82) is 0 Å². The average molecular weight is 285 g/mol. The number of rotatable bonds is 4. The van der Waals surface area contributed by atoms with Gasteiger partial charge in [-0.2, -0.15) is 0 Å². The van der Waals surface area contributed by atoms with Crippen molar-refractivity contribution in [2.45, 2.75) is 6.61 Å². The van der Waals surface area contributed by atoms with Gasteiger partial charge in [-0.1, -0.05) is 54.5 Å². The molecule has 1 heterocycles. The van der Waals surface area contributed by atoms with Crippen molar-refractivity contribution < 1.29 is 4.74 Å². The number of benzene rings is 2. The Kier molecular flexibility index (Phi) is 4.17. The Morgan fingerprint density at radius 3 is 2.50 bits per heavy atom. The fraction of sp³-hybridized carbons (Fsp3) is 0.0500. The van der Waals surface area contributed by atoms with Crippen LogP contribution in [0, 0.1) is 12.3 Å². The van der Waals surface area contributed by atoms with Crippen molar-refractivity contribution in [2.24, 2.45) is 0 Å². The van der Waals surface area contributed by atoms with Crippen LogP contribution in [0.1, 0.15) is 11.3 Å². The largest absolute Gasteiger partial charge is 0.489 e. The standard InChI is InChI=1S/C20H15NO/c1-2-19-12-11-18(14-21-19)17-9-6-10-20(13-17)22-15-16-7-4-3-5-8-16/h1,3-14H,15H2. The lowest BCUT2D eigenvalue weighted by Crippen LogP contribution is -1.95. The molecule has 1 aromatic heterocycles. The quantitative estimate of drug-likeness (QED) is 0.666. The highest BCUT2D eigenvalue weighted by Gasteiger charge is 2.01. The van der Waals surface area contributed by atoms with E-state index in [0.717, 1.165) is 22.4 Å². The van der Waals surface area contributed by atoms with E-state index < -0.39 is 0 Å². The summed E-state index contributed by atoms with van der Waals surface area (Å²) in [6.45, 7) is 0.554. The molecule has 2 aromatic carbocycles. The maximum Gasteiger partial charge on any atom is 0.120 e. The molecular formula is C20H15NO. The van der Waals surface area contributed by atoms with E-state index in [4.69, 9.17) is 11.2 Å². The van der Waals surface area contributed by atoms with Crippen molar-refractivity contribution in [3.63, 3.8) is 0 Å². The van der Waals surface area contributed by atoms with Gasteiger partial charge in [0.25, 0.3) is 0 Å². The molecule has 0 unspecified atom stereocenters. The minimum atomic E-state index is 0.554. The van der Waals surface area contributed by atoms with Crippen LogP contribution in [0.25, 0.3) is 11.1 Å². The summed E-state index contributed by atoms with van der Waals surface area (Å²) in [7, 11) is 0. The second-order valence-electron chi connectivity index (χ2n) is 4.88. The van der Waals surface area contributed by atoms with E-state index in [1.54, 1.807) is 6.20 Å². The second-order valence-corrected chi connectivity index (χ2v) is 4.88. The average Bonchev–Trinajstić information content (AvgIpc) is 2.61. The van der Waals surface area contributed by atoms with Gasteiger partial charge < -0.3 is 4.74 Å². The summed E-state index contributed by atoms with van der Waals surface area (Å²) in [5.74, 6) is 3.36. The first kappa shape index (κ1) is 13.9. The molecule has 22 heavy (non-hydrogen) atoms. The van der Waals surface area contributed by atoms with Gasteiger partial charge in [-0.15, -0.1) is 6.42 Å². The van der Waals surface area contributed by atoms with E-state index in [1.807, 2.05) is 66.7 Å². The Bertz CT molecular complexity index is 786. The summed E-state index contributed by atoms with van der Waals surface area (Å²) in [6, 6.07) is 21.9. The third kappa shape index (κ3) is 3.34. The lowest BCUT2D eigenvalue weighted by molar-refractivity contribution is 0.306.